The third-order valence-corrected chi connectivity index (χ3v) is 3.04. The highest BCUT2D eigenvalue weighted by Crippen LogP contribution is 2.22. The lowest BCUT2D eigenvalue weighted by atomic mass is 10.2. The summed E-state index contributed by atoms with van der Waals surface area (Å²) in [6.45, 7) is 0. The van der Waals surface area contributed by atoms with Crippen LogP contribution in [0.3, 0.4) is 0 Å². The van der Waals surface area contributed by atoms with E-state index in [0.29, 0.717) is 17.0 Å². The van der Waals surface area contributed by atoms with Gasteiger partial charge in [0, 0.05) is 18.3 Å². The van der Waals surface area contributed by atoms with Gasteiger partial charge in [-0.2, -0.15) is 0 Å². The van der Waals surface area contributed by atoms with E-state index in [1.807, 2.05) is 30.1 Å². The van der Waals surface area contributed by atoms with Crippen LogP contribution in [0.1, 0.15) is 5.56 Å². The van der Waals surface area contributed by atoms with Crippen molar-refractivity contribution in [1.82, 2.24) is 25.3 Å². The Morgan fingerprint density at radius 1 is 1.33 bits per heavy atom. The van der Waals surface area contributed by atoms with Crippen LogP contribution >= 0.6 is 0 Å². The lowest BCUT2D eigenvalue weighted by Crippen LogP contribution is -2.16. The van der Waals surface area contributed by atoms with Gasteiger partial charge in [-0.25, -0.2) is 0 Å². The van der Waals surface area contributed by atoms with Gasteiger partial charge in [0.2, 0.25) is 0 Å². The van der Waals surface area contributed by atoms with Crippen molar-refractivity contribution in [3.63, 3.8) is 0 Å². The van der Waals surface area contributed by atoms with Crippen LogP contribution in [0.4, 0.5) is 11.5 Å². The summed E-state index contributed by atoms with van der Waals surface area (Å²) >= 11 is 0. The van der Waals surface area contributed by atoms with Crippen molar-refractivity contribution in [2.45, 2.75) is 0 Å². The van der Waals surface area contributed by atoms with Crippen LogP contribution in [-0.4, -0.2) is 43.3 Å². The monoisotopic (exact) mass is 284 g/mol. The molecule has 0 bridgehead atoms. The maximum absolute atomic E-state index is 8.74. The Labute approximate surface area is 119 Å². The third-order valence-electron chi connectivity index (χ3n) is 3.04. The van der Waals surface area contributed by atoms with Gasteiger partial charge in [-0.05, 0) is 34.7 Å². The number of oxime groups is 1. The number of nitrogens with zero attached hydrogens (tertiary/aromatic N) is 7. The van der Waals surface area contributed by atoms with E-state index in [-0.39, 0.29) is 5.84 Å². The number of nitrogens with two attached hydrogens (primary N) is 1. The number of amidine groups is 1. The number of rotatable bonds is 3. The highest BCUT2D eigenvalue weighted by atomic mass is 16.4. The fourth-order valence-corrected chi connectivity index (χ4v) is 1.88. The summed E-state index contributed by atoms with van der Waals surface area (Å²) in [5.74, 6) is 0.709. The zero-order chi connectivity index (χ0) is 14.8. The van der Waals surface area contributed by atoms with Crippen molar-refractivity contribution in [3.8, 4) is 0 Å². The molecule has 9 heteroatoms. The summed E-state index contributed by atoms with van der Waals surface area (Å²) in [7, 11) is 1.85. The molecule has 9 nitrogen and oxygen atoms in total. The fraction of sp³-hybridized carbons (Fsp3) is 0.0833. The molecule has 0 unspecified atom stereocenters. The molecule has 0 aliphatic rings. The Bertz CT molecular complexity index is 812. The molecule has 21 heavy (non-hydrogen) atoms. The molecule has 3 rings (SSSR count). The number of tetrazole rings is 1. The van der Waals surface area contributed by atoms with Gasteiger partial charge in [-0.3, -0.25) is 0 Å². The van der Waals surface area contributed by atoms with Crippen LogP contribution in [0.2, 0.25) is 0 Å². The molecule has 0 radical (unpaired) electrons. The zero-order valence-electron chi connectivity index (χ0n) is 11.1. The predicted octanol–water partition coefficient (Wildman–Crippen LogP) is 0.382. The van der Waals surface area contributed by atoms with Crippen molar-refractivity contribution >= 4 is 23.0 Å². The van der Waals surface area contributed by atoms with E-state index < -0.39 is 0 Å². The Morgan fingerprint density at radius 3 is 3.00 bits per heavy atom. The van der Waals surface area contributed by atoms with Crippen LogP contribution in [0.5, 0.6) is 0 Å². The average molecular weight is 284 g/mol. The first-order valence-corrected chi connectivity index (χ1v) is 6.06. The largest absolute Gasteiger partial charge is 0.409 e. The van der Waals surface area contributed by atoms with Crippen molar-refractivity contribution in [2.75, 3.05) is 11.9 Å². The van der Waals surface area contributed by atoms with Gasteiger partial charge in [-0.1, -0.05) is 17.3 Å². The average Bonchev–Trinajstić information content (AvgIpc) is 3.01. The minimum atomic E-state index is 0.0501. The van der Waals surface area contributed by atoms with Gasteiger partial charge in [0.15, 0.2) is 17.3 Å². The maximum Gasteiger partial charge on any atom is 0.200 e. The Kier molecular flexibility index (Phi) is 3.07. The van der Waals surface area contributed by atoms with E-state index in [1.165, 1.54) is 4.63 Å². The van der Waals surface area contributed by atoms with Gasteiger partial charge in [0.25, 0.3) is 0 Å². The molecule has 2 aromatic heterocycles. The number of fused-ring (bicyclic) bond motifs is 1. The second-order valence-corrected chi connectivity index (χ2v) is 4.31. The molecule has 3 N–H and O–H groups in total. The molecule has 0 atom stereocenters. The molecule has 0 amide bonds. The SMILES string of the molecule is CN(c1cccc(/C(N)=N/O)c1)c1ccc2nnnn2n1. The summed E-state index contributed by atoms with van der Waals surface area (Å²) < 4.78 is 1.35. The fourth-order valence-electron chi connectivity index (χ4n) is 1.88. The topological polar surface area (TPSA) is 118 Å². The molecule has 0 saturated heterocycles. The molecule has 0 aliphatic carbocycles. The van der Waals surface area contributed by atoms with E-state index in [9.17, 15) is 0 Å². The highest BCUT2D eigenvalue weighted by molar-refractivity contribution is 5.97. The van der Waals surface area contributed by atoms with Gasteiger partial charge < -0.3 is 15.8 Å². The Balaban J connectivity index is 1.99. The molecule has 0 aliphatic heterocycles. The number of aromatic nitrogens is 5. The van der Waals surface area contributed by atoms with Crippen LogP contribution in [0, 0.1) is 0 Å². The first-order valence-electron chi connectivity index (χ1n) is 6.06. The molecular formula is C12H12N8O. The summed E-state index contributed by atoms with van der Waals surface area (Å²) in [5.41, 5.74) is 7.61. The highest BCUT2D eigenvalue weighted by Gasteiger charge is 2.09. The smallest absolute Gasteiger partial charge is 0.200 e. The molecule has 106 valence electrons. The quantitative estimate of drug-likeness (QED) is 0.309. The van der Waals surface area contributed by atoms with Gasteiger partial charge >= 0.3 is 0 Å². The van der Waals surface area contributed by atoms with Crippen molar-refractivity contribution in [2.24, 2.45) is 10.9 Å². The molecule has 3 aromatic rings. The Morgan fingerprint density at radius 2 is 2.19 bits per heavy atom. The van der Waals surface area contributed by atoms with Gasteiger partial charge in [0.1, 0.15) is 0 Å². The van der Waals surface area contributed by atoms with Crippen molar-refractivity contribution < 1.29 is 5.21 Å². The molecule has 0 saturated carbocycles. The normalized spacial score (nSPS) is 11.8. The zero-order valence-corrected chi connectivity index (χ0v) is 11.1. The Hall–Kier alpha value is -3.23. The molecule has 0 spiro atoms. The number of anilines is 2. The lowest BCUT2D eigenvalue weighted by Gasteiger charge is -2.18. The van der Waals surface area contributed by atoms with Gasteiger partial charge in [0.05, 0.1) is 0 Å². The van der Waals surface area contributed by atoms with Gasteiger partial charge in [-0.15, -0.1) is 14.8 Å². The first-order chi connectivity index (χ1) is 10.2. The van der Waals surface area contributed by atoms with E-state index in [4.69, 9.17) is 10.9 Å². The lowest BCUT2D eigenvalue weighted by molar-refractivity contribution is 0.318. The van der Waals surface area contributed by atoms with Crippen molar-refractivity contribution in [1.29, 1.82) is 0 Å². The summed E-state index contributed by atoms with van der Waals surface area (Å²) in [4.78, 5) is 1.84. The molecule has 2 heterocycles. The van der Waals surface area contributed by atoms with Crippen LogP contribution in [-0.2, 0) is 0 Å². The second-order valence-electron chi connectivity index (χ2n) is 4.31. The predicted molar refractivity (Wildman–Crippen MR) is 75.6 cm³/mol. The van der Waals surface area contributed by atoms with E-state index in [0.717, 1.165) is 5.69 Å². The van der Waals surface area contributed by atoms with Crippen LogP contribution in [0.15, 0.2) is 41.6 Å². The minimum absolute atomic E-state index is 0.0501. The molecule has 1 aromatic carbocycles. The number of benzene rings is 1. The van der Waals surface area contributed by atoms with Crippen LogP contribution in [0.25, 0.3) is 5.65 Å². The van der Waals surface area contributed by atoms with Crippen LogP contribution < -0.4 is 10.6 Å². The summed E-state index contributed by atoms with van der Waals surface area (Å²) in [6, 6.07) is 10.8. The number of hydrogen-bond acceptors (Lipinski definition) is 7. The van der Waals surface area contributed by atoms with E-state index in [1.54, 1.807) is 18.2 Å². The third kappa shape index (κ3) is 2.31. The molecular weight excluding hydrogens is 272 g/mol. The maximum atomic E-state index is 8.74. The molecule has 0 fully saturated rings. The minimum Gasteiger partial charge on any atom is -0.409 e. The second kappa shape index (κ2) is 5.04. The summed E-state index contributed by atoms with van der Waals surface area (Å²) in [5, 5.41) is 27.1. The summed E-state index contributed by atoms with van der Waals surface area (Å²) in [6.07, 6.45) is 0. The van der Waals surface area contributed by atoms with E-state index in [2.05, 4.69) is 25.8 Å². The van der Waals surface area contributed by atoms with E-state index >= 15 is 0 Å². The first kappa shape index (κ1) is 12.8. The van der Waals surface area contributed by atoms with Crippen molar-refractivity contribution in [3.05, 3.63) is 42.0 Å². The number of hydrogen-bond donors (Lipinski definition) is 2. The standard InChI is InChI=1S/C12H12N8O/c1-19(9-4-2-3-8(7-9)12(13)16-21)11-6-5-10-14-17-18-20(10)15-11/h2-7,21H,1H3,(H2,13,16).